The molecule has 0 saturated carbocycles. The van der Waals surface area contributed by atoms with Gasteiger partial charge in [-0.2, -0.15) is 5.10 Å². The van der Waals surface area contributed by atoms with Gasteiger partial charge in [0, 0.05) is 24.2 Å². The quantitative estimate of drug-likeness (QED) is 0.698. The Morgan fingerprint density at radius 2 is 2.57 bits per heavy atom. The molecule has 0 aromatic carbocycles. The van der Waals surface area contributed by atoms with Crippen molar-refractivity contribution in [3.63, 3.8) is 0 Å². The first-order valence-electron chi connectivity index (χ1n) is 4.74. The number of hydrogen-bond donors (Lipinski definition) is 2. The van der Waals surface area contributed by atoms with Crippen LogP contribution >= 0.6 is 0 Å². The van der Waals surface area contributed by atoms with E-state index >= 15 is 0 Å². The van der Waals surface area contributed by atoms with Crippen LogP contribution in [-0.2, 0) is 11.3 Å². The lowest BCUT2D eigenvalue weighted by Gasteiger charge is -2.10. The van der Waals surface area contributed by atoms with Crippen molar-refractivity contribution in [2.75, 3.05) is 5.73 Å². The number of nitrogens with one attached hydrogen (secondary N) is 1. The van der Waals surface area contributed by atoms with Gasteiger partial charge in [-0.15, -0.1) is 0 Å². The second-order valence-corrected chi connectivity index (χ2v) is 3.70. The van der Waals surface area contributed by atoms with Crippen LogP contribution in [0.2, 0.25) is 0 Å². The van der Waals surface area contributed by atoms with Gasteiger partial charge in [0.15, 0.2) is 0 Å². The average molecular weight is 194 g/mol. The summed E-state index contributed by atoms with van der Waals surface area (Å²) < 4.78 is 1.84. The minimum Gasteiger partial charge on any atom is -0.382 e. The molecular formula is C9H14N4O. The third-order valence-electron chi connectivity index (χ3n) is 2.48. The van der Waals surface area contributed by atoms with Gasteiger partial charge in [-0.05, 0) is 13.3 Å². The molecule has 0 aliphatic carbocycles. The topological polar surface area (TPSA) is 72.9 Å². The largest absolute Gasteiger partial charge is 0.382 e. The molecule has 1 aromatic rings. The van der Waals surface area contributed by atoms with Gasteiger partial charge in [0.25, 0.3) is 0 Å². The SMILES string of the molecule is Cc1cc(N)nn1CC1CCC(=O)N1. The van der Waals surface area contributed by atoms with Crippen molar-refractivity contribution < 1.29 is 4.79 Å². The van der Waals surface area contributed by atoms with E-state index in [0.717, 1.165) is 18.7 Å². The van der Waals surface area contributed by atoms with Gasteiger partial charge in [-0.25, -0.2) is 0 Å². The van der Waals surface area contributed by atoms with Gasteiger partial charge in [0.05, 0.1) is 6.54 Å². The monoisotopic (exact) mass is 194 g/mol. The van der Waals surface area contributed by atoms with E-state index in [-0.39, 0.29) is 11.9 Å². The van der Waals surface area contributed by atoms with Crippen molar-refractivity contribution in [2.45, 2.75) is 32.4 Å². The summed E-state index contributed by atoms with van der Waals surface area (Å²) in [5.41, 5.74) is 6.59. The molecule has 0 radical (unpaired) electrons. The molecule has 5 nitrogen and oxygen atoms in total. The summed E-state index contributed by atoms with van der Waals surface area (Å²) in [6.45, 7) is 2.68. The number of rotatable bonds is 2. The summed E-state index contributed by atoms with van der Waals surface area (Å²) in [4.78, 5) is 11.0. The summed E-state index contributed by atoms with van der Waals surface area (Å²) in [5, 5.41) is 7.04. The third-order valence-corrected chi connectivity index (χ3v) is 2.48. The second kappa shape index (κ2) is 3.32. The van der Waals surface area contributed by atoms with Crippen LogP contribution in [0.3, 0.4) is 0 Å². The Morgan fingerprint density at radius 1 is 1.79 bits per heavy atom. The lowest BCUT2D eigenvalue weighted by molar-refractivity contribution is -0.119. The van der Waals surface area contributed by atoms with E-state index in [2.05, 4.69) is 10.4 Å². The molecule has 5 heteroatoms. The number of nitrogens with two attached hydrogens (primary N) is 1. The average Bonchev–Trinajstić information content (AvgIpc) is 2.61. The summed E-state index contributed by atoms with van der Waals surface area (Å²) in [6, 6.07) is 2.04. The normalized spacial score (nSPS) is 21.2. The second-order valence-electron chi connectivity index (χ2n) is 3.70. The molecule has 1 unspecified atom stereocenters. The minimum absolute atomic E-state index is 0.132. The highest BCUT2D eigenvalue weighted by Crippen LogP contribution is 2.11. The molecule has 2 heterocycles. The Kier molecular flexibility index (Phi) is 2.15. The Labute approximate surface area is 82.3 Å². The van der Waals surface area contributed by atoms with E-state index in [0.29, 0.717) is 12.2 Å². The molecule has 1 amide bonds. The van der Waals surface area contributed by atoms with Crippen molar-refractivity contribution in [1.29, 1.82) is 0 Å². The lowest BCUT2D eigenvalue weighted by Crippen LogP contribution is -2.30. The molecule has 1 fully saturated rings. The molecule has 0 spiro atoms. The number of anilines is 1. The van der Waals surface area contributed by atoms with E-state index in [1.165, 1.54) is 0 Å². The van der Waals surface area contributed by atoms with Crippen molar-refractivity contribution in [1.82, 2.24) is 15.1 Å². The minimum atomic E-state index is 0.132. The number of hydrogen-bond acceptors (Lipinski definition) is 3. The van der Waals surface area contributed by atoms with Crippen LogP contribution in [0.15, 0.2) is 6.07 Å². The first kappa shape index (κ1) is 9.05. The summed E-state index contributed by atoms with van der Waals surface area (Å²) in [7, 11) is 0. The maximum atomic E-state index is 11.0. The molecule has 1 aliphatic heterocycles. The molecule has 76 valence electrons. The van der Waals surface area contributed by atoms with Crippen LogP contribution < -0.4 is 11.1 Å². The van der Waals surface area contributed by atoms with Crippen molar-refractivity contribution in [3.05, 3.63) is 11.8 Å². The van der Waals surface area contributed by atoms with Crippen molar-refractivity contribution in [2.24, 2.45) is 0 Å². The highest BCUT2D eigenvalue weighted by molar-refractivity contribution is 5.78. The molecule has 2 rings (SSSR count). The number of aromatic nitrogens is 2. The molecular weight excluding hydrogens is 180 g/mol. The van der Waals surface area contributed by atoms with Crippen LogP contribution in [0.5, 0.6) is 0 Å². The van der Waals surface area contributed by atoms with E-state index in [4.69, 9.17) is 5.73 Å². The maximum absolute atomic E-state index is 11.0. The zero-order valence-electron chi connectivity index (χ0n) is 8.16. The van der Waals surface area contributed by atoms with Gasteiger partial charge < -0.3 is 11.1 Å². The fraction of sp³-hybridized carbons (Fsp3) is 0.556. The van der Waals surface area contributed by atoms with Crippen LogP contribution in [0.25, 0.3) is 0 Å². The number of nitrogens with zero attached hydrogens (tertiary/aromatic N) is 2. The highest BCUT2D eigenvalue weighted by Gasteiger charge is 2.21. The molecule has 14 heavy (non-hydrogen) atoms. The Bertz CT molecular complexity index is 358. The third kappa shape index (κ3) is 1.71. The standard InChI is InChI=1S/C9H14N4O/c1-6-4-8(10)12-13(6)5-7-2-3-9(14)11-7/h4,7H,2-3,5H2,1H3,(H2,10,12)(H,11,14). The molecule has 1 atom stereocenters. The molecule has 1 aromatic heterocycles. The number of carbonyl (C=O) groups is 1. The molecule has 0 bridgehead atoms. The zero-order valence-corrected chi connectivity index (χ0v) is 8.16. The fourth-order valence-electron chi connectivity index (χ4n) is 1.74. The number of nitrogen functional groups attached to an aromatic ring is 1. The van der Waals surface area contributed by atoms with Gasteiger partial charge in [-0.3, -0.25) is 9.48 Å². The molecule has 1 aliphatic rings. The fourth-order valence-corrected chi connectivity index (χ4v) is 1.74. The highest BCUT2D eigenvalue weighted by atomic mass is 16.1. The van der Waals surface area contributed by atoms with E-state index in [9.17, 15) is 4.79 Å². The van der Waals surface area contributed by atoms with Crippen molar-refractivity contribution in [3.8, 4) is 0 Å². The van der Waals surface area contributed by atoms with Crippen LogP contribution in [0.1, 0.15) is 18.5 Å². The smallest absolute Gasteiger partial charge is 0.220 e. The first-order valence-corrected chi connectivity index (χ1v) is 4.74. The number of carbonyl (C=O) groups excluding carboxylic acids is 1. The van der Waals surface area contributed by atoms with Gasteiger partial charge in [0.1, 0.15) is 5.82 Å². The Balaban J connectivity index is 2.04. The number of amides is 1. The van der Waals surface area contributed by atoms with Gasteiger partial charge in [-0.1, -0.05) is 0 Å². The first-order chi connectivity index (χ1) is 6.65. The predicted octanol–water partition coefficient (Wildman–Crippen LogP) is 0.0523. The maximum Gasteiger partial charge on any atom is 0.220 e. The van der Waals surface area contributed by atoms with E-state index < -0.39 is 0 Å². The van der Waals surface area contributed by atoms with Crippen molar-refractivity contribution >= 4 is 11.7 Å². The summed E-state index contributed by atoms with van der Waals surface area (Å²) in [5.74, 6) is 0.666. The van der Waals surface area contributed by atoms with Gasteiger partial charge >= 0.3 is 0 Å². The van der Waals surface area contributed by atoms with Crippen LogP contribution in [-0.4, -0.2) is 21.7 Å². The Morgan fingerprint density at radius 3 is 3.07 bits per heavy atom. The lowest BCUT2D eigenvalue weighted by atomic mass is 10.2. The molecule has 3 N–H and O–H groups in total. The van der Waals surface area contributed by atoms with E-state index in [1.807, 2.05) is 17.7 Å². The molecule has 1 saturated heterocycles. The number of aryl methyl sites for hydroxylation is 1. The zero-order chi connectivity index (χ0) is 10.1. The van der Waals surface area contributed by atoms with E-state index in [1.54, 1.807) is 0 Å². The van der Waals surface area contributed by atoms with Crippen LogP contribution in [0, 0.1) is 6.92 Å². The summed E-state index contributed by atoms with van der Waals surface area (Å²) in [6.07, 6.45) is 1.51. The van der Waals surface area contributed by atoms with Crippen LogP contribution in [0.4, 0.5) is 5.82 Å². The Hall–Kier alpha value is -1.52. The summed E-state index contributed by atoms with van der Waals surface area (Å²) >= 11 is 0. The van der Waals surface area contributed by atoms with Gasteiger partial charge in [0.2, 0.25) is 5.91 Å². The predicted molar refractivity (Wildman–Crippen MR) is 52.5 cm³/mol.